The van der Waals surface area contributed by atoms with E-state index in [-0.39, 0.29) is 0 Å². The third-order valence-electron chi connectivity index (χ3n) is 3.58. The van der Waals surface area contributed by atoms with Gasteiger partial charge in [-0.05, 0) is 44.4 Å². The van der Waals surface area contributed by atoms with Crippen LogP contribution in [0.25, 0.3) is 10.9 Å². The SMILES string of the molecule is CC(C)NCc1cccc2ccn(Cc3sccc3Br)c12. The average Bonchev–Trinajstić information content (AvgIpc) is 3.05. The standard InChI is InChI=1S/C17H19BrN2S/c1-12(2)19-10-14-5-3-4-13-6-8-20(17(13)14)11-16-15(18)7-9-21-16/h3-9,12,19H,10-11H2,1-2H3. The van der Waals surface area contributed by atoms with E-state index in [1.54, 1.807) is 11.3 Å². The summed E-state index contributed by atoms with van der Waals surface area (Å²) in [5.41, 5.74) is 2.70. The summed E-state index contributed by atoms with van der Waals surface area (Å²) in [5, 5.41) is 6.96. The summed E-state index contributed by atoms with van der Waals surface area (Å²) in [6.45, 7) is 6.19. The minimum Gasteiger partial charge on any atom is -0.342 e. The summed E-state index contributed by atoms with van der Waals surface area (Å²) in [5.74, 6) is 0. The molecule has 0 fully saturated rings. The largest absolute Gasteiger partial charge is 0.342 e. The van der Waals surface area contributed by atoms with Gasteiger partial charge in [-0.25, -0.2) is 0 Å². The predicted molar refractivity (Wildman–Crippen MR) is 95.0 cm³/mol. The first-order chi connectivity index (χ1) is 10.1. The van der Waals surface area contributed by atoms with Crippen LogP contribution in [0.2, 0.25) is 0 Å². The highest BCUT2D eigenvalue weighted by molar-refractivity contribution is 9.10. The van der Waals surface area contributed by atoms with Gasteiger partial charge >= 0.3 is 0 Å². The number of fused-ring (bicyclic) bond motifs is 1. The Morgan fingerprint density at radius 3 is 2.81 bits per heavy atom. The van der Waals surface area contributed by atoms with E-state index in [1.165, 1.54) is 25.8 Å². The lowest BCUT2D eigenvalue weighted by molar-refractivity contribution is 0.589. The molecule has 4 heteroatoms. The molecule has 1 aromatic carbocycles. The van der Waals surface area contributed by atoms with E-state index in [0.717, 1.165) is 13.1 Å². The molecule has 0 unspecified atom stereocenters. The van der Waals surface area contributed by atoms with Gasteiger partial charge < -0.3 is 9.88 Å². The van der Waals surface area contributed by atoms with Crippen molar-refractivity contribution in [1.82, 2.24) is 9.88 Å². The number of nitrogens with one attached hydrogen (secondary N) is 1. The molecule has 0 saturated heterocycles. The number of aromatic nitrogens is 1. The topological polar surface area (TPSA) is 17.0 Å². The van der Waals surface area contributed by atoms with E-state index in [9.17, 15) is 0 Å². The number of halogens is 1. The third-order valence-corrected chi connectivity index (χ3v) is 5.49. The minimum absolute atomic E-state index is 0.495. The fourth-order valence-electron chi connectivity index (χ4n) is 2.52. The molecule has 2 aromatic heterocycles. The van der Waals surface area contributed by atoms with Crippen molar-refractivity contribution in [3.8, 4) is 0 Å². The van der Waals surface area contributed by atoms with Gasteiger partial charge in [0.2, 0.25) is 0 Å². The maximum Gasteiger partial charge on any atom is 0.0580 e. The number of para-hydroxylation sites is 1. The summed E-state index contributed by atoms with van der Waals surface area (Å²) in [4.78, 5) is 1.36. The molecule has 0 aliphatic heterocycles. The molecule has 0 atom stereocenters. The fourth-order valence-corrected chi connectivity index (χ4v) is 4.00. The van der Waals surface area contributed by atoms with Crippen LogP contribution in [0, 0.1) is 0 Å². The summed E-state index contributed by atoms with van der Waals surface area (Å²) in [7, 11) is 0. The van der Waals surface area contributed by atoms with Crippen LogP contribution in [0.3, 0.4) is 0 Å². The first-order valence-electron chi connectivity index (χ1n) is 7.17. The molecule has 0 radical (unpaired) electrons. The third kappa shape index (κ3) is 3.23. The maximum absolute atomic E-state index is 3.63. The Hall–Kier alpha value is -1.10. The number of nitrogens with zero attached hydrogens (tertiary/aromatic N) is 1. The fraction of sp³-hybridized carbons (Fsp3) is 0.294. The molecular weight excluding hydrogens is 344 g/mol. The van der Waals surface area contributed by atoms with Crippen molar-refractivity contribution >= 4 is 38.2 Å². The molecule has 21 heavy (non-hydrogen) atoms. The Balaban J connectivity index is 1.97. The summed E-state index contributed by atoms with van der Waals surface area (Å²) < 4.78 is 3.55. The van der Waals surface area contributed by atoms with Crippen molar-refractivity contribution in [3.05, 3.63) is 56.8 Å². The number of thiophene rings is 1. The van der Waals surface area contributed by atoms with Crippen LogP contribution >= 0.6 is 27.3 Å². The van der Waals surface area contributed by atoms with Gasteiger partial charge in [-0.3, -0.25) is 0 Å². The first-order valence-corrected chi connectivity index (χ1v) is 8.84. The van der Waals surface area contributed by atoms with Crippen LogP contribution in [-0.4, -0.2) is 10.6 Å². The molecule has 0 bridgehead atoms. The lowest BCUT2D eigenvalue weighted by Gasteiger charge is -2.12. The molecule has 0 amide bonds. The Kier molecular flexibility index (Phi) is 4.48. The van der Waals surface area contributed by atoms with Crippen LogP contribution in [0.4, 0.5) is 0 Å². The van der Waals surface area contributed by atoms with Crippen LogP contribution in [0.1, 0.15) is 24.3 Å². The first kappa shape index (κ1) is 14.8. The smallest absolute Gasteiger partial charge is 0.0580 e. The van der Waals surface area contributed by atoms with Gasteiger partial charge in [-0.15, -0.1) is 11.3 Å². The Bertz CT molecular complexity index is 742. The highest BCUT2D eigenvalue weighted by atomic mass is 79.9. The van der Waals surface area contributed by atoms with Crippen molar-refractivity contribution in [1.29, 1.82) is 0 Å². The predicted octanol–water partition coefficient (Wildman–Crippen LogP) is 5.01. The highest BCUT2D eigenvalue weighted by Gasteiger charge is 2.09. The van der Waals surface area contributed by atoms with E-state index in [1.807, 2.05) is 0 Å². The van der Waals surface area contributed by atoms with Crippen molar-refractivity contribution < 1.29 is 0 Å². The van der Waals surface area contributed by atoms with E-state index >= 15 is 0 Å². The monoisotopic (exact) mass is 362 g/mol. The maximum atomic E-state index is 3.63. The van der Waals surface area contributed by atoms with Gasteiger partial charge in [0.15, 0.2) is 0 Å². The molecule has 3 rings (SSSR count). The summed E-state index contributed by atoms with van der Waals surface area (Å²) >= 11 is 5.43. The van der Waals surface area contributed by atoms with Gasteiger partial charge in [0.25, 0.3) is 0 Å². The normalized spacial score (nSPS) is 11.6. The van der Waals surface area contributed by atoms with Gasteiger partial charge in [0.1, 0.15) is 0 Å². The van der Waals surface area contributed by atoms with Gasteiger partial charge in [0, 0.05) is 28.1 Å². The quantitative estimate of drug-likeness (QED) is 0.674. The number of benzene rings is 1. The molecule has 3 aromatic rings. The Morgan fingerprint density at radius 2 is 2.10 bits per heavy atom. The molecule has 0 saturated carbocycles. The number of rotatable bonds is 5. The van der Waals surface area contributed by atoms with Crippen LogP contribution < -0.4 is 5.32 Å². The number of hydrogen-bond acceptors (Lipinski definition) is 2. The Labute approximate surface area is 137 Å². The molecule has 2 nitrogen and oxygen atoms in total. The van der Waals surface area contributed by atoms with E-state index < -0.39 is 0 Å². The average molecular weight is 363 g/mol. The van der Waals surface area contributed by atoms with E-state index in [2.05, 4.69) is 81.6 Å². The molecule has 0 aliphatic carbocycles. The summed E-state index contributed by atoms with van der Waals surface area (Å²) in [6.07, 6.45) is 2.19. The second kappa shape index (κ2) is 6.34. The van der Waals surface area contributed by atoms with E-state index in [4.69, 9.17) is 0 Å². The van der Waals surface area contributed by atoms with Gasteiger partial charge in [-0.1, -0.05) is 32.0 Å². The molecule has 2 heterocycles. The molecule has 1 N–H and O–H groups in total. The van der Waals surface area contributed by atoms with Crippen LogP contribution in [0.5, 0.6) is 0 Å². The molecule has 0 spiro atoms. The lowest BCUT2D eigenvalue weighted by atomic mass is 10.1. The zero-order valence-corrected chi connectivity index (χ0v) is 14.7. The van der Waals surface area contributed by atoms with E-state index in [0.29, 0.717) is 6.04 Å². The van der Waals surface area contributed by atoms with Crippen molar-refractivity contribution in [2.45, 2.75) is 33.0 Å². The second-order valence-electron chi connectivity index (χ2n) is 5.53. The van der Waals surface area contributed by atoms with Gasteiger partial charge in [-0.2, -0.15) is 0 Å². The van der Waals surface area contributed by atoms with Gasteiger partial charge in [0.05, 0.1) is 12.1 Å². The van der Waals surface area contributed by atoms with Crippen LogP contribution in [-0.2, 0) is 13.1 Å². The van der Waals surface area contributed by atoms with Crippen LogP contribution in [0.15, 0.2) is 46.4 Å². The van der Waals surface area contributed by atoms with Crippen molar-refractivity contribution in [2.24, 2.45) is 0 Å². The zero-order valence-electron chi connectivity index (χ0n) is 12.3. The molecule has 0 aliphatic rings. The second-order valence-corrected chi connectivity index (χ2v) is 7.38. The van der Waals surface area contributed by atoms with Crippen molar-refractivity contribution in [3.63, 3.8) is 0 Å². The van der Waals surface area contributed by atoms with Crippen molar-refractivity contribution in [2.75, 3.05) is 0 Å². The molecular formula is C17H19BrN2S. The highest BCUT2D eigenvalue weighted by Crippen LogP contribution is 2.27. The zero-order chi connectivity index (χ0) is 14.8. The lowest BCUT2D eigenvalue weighted by Crippen LogP contribution is -2.22. The number of hydrogen-bond donors (Lipinski definition) is 1. The Morgan fingerprint density at radius 1 is 1.24 bits per heavy atom. The summed E-state index contributed by atoms with van der Waals surface area (Å²) in [6, 6.07) is 11.4. The molecule has 110 valence electrons. The minimum atomic E-state index is 0.495.